The highest BCUT2D eigenvalue weighted by molar-refractivity contribution is 5.87. The number of carbonyl (C=O) groups excluding carboxylic acids is 3. The molecule has 0 aromatic carbocycles. The Labute approximate surface area is 131 Å². The SMILES string of the molecule is CC(C)CC(=O)O[C@H](CCC1CCCCC1)C(=O)OC(N)=O. The maximum atomic E-state index is 11.8. The van der Waals surface area contributed by atoms with Gasteiger partial charge in [0.2, 0.25) is 0 Å². The summed E-state index contributed by atoms with van der Waals surface area (Å²) in [6.07, 6.45) is 5.11. The molecular weight excluding hydrogens is 286 g/mol. The molecule has 1 amide bonds. The van der Waals surface area contributed by atoms with E-state index in [9.17, 15) is 14.4 Å². The number of nitrogens with two attached hydrogens (primary N) is 1. The molecule has 0 heterocycles. The normalized spacial score (nSPS) is 17.0. The first-order valence-electron chi connectivity index (χ1n) is 8.09. The van der Waals surface area contributed by atoms with Crippen LogP contribution >= 0.6 is 0 Å². The molecule has 0 unspecified atom stereocenters. The van der Waals surface area contributed by atoms with Gasteiger partial charge in [-0.15, -0.1) is 0 Å². The summed E-state index contributed by atoms with van der Waals surface area (Å²) in [6, 6.07) is 0. The third-order valence-electron chi connectivity index (χ3n) is 3.87. The van der Waals surface area contributed by atoms with Gasteiger partial charge in [-0.25, -0.2) is 9.59 Å². The van der Waals surface area contributed by atoms with Gasteiger partial charge in [0.15, 0.2) is 6.10 Å². The Balaban J connectivity index is 2.54. The molecule has 6 nitrogen and oxygen atoms in total. The molecule has 22 heavy (non-hydrogen) atoms. The first kappa shape index (κ1) is 18.5. The van der Waals surface area contributed by atoms with Gasteiger partial charge in [0.1, 0.15) is 0 Å². The Morgan fingerprint density at radius 1 is 1.14 bits per heavy atom. The van der Waals surface area contributed by atoms with Crippen LogP contribution < -0.4 is 5.73 Å². The van der Waals surface area contributed by atoms with Crippen molar-refractivity contribution in [2.75, 3.05) is 0 Å². The van der Waals surface area contributed by atoms with E-state index in [1.807, 2.05) is 13.8 Å². The molecule has 0 bridgehead atoms. The van der Waals surface area contributed by atoms with Crippen LogP contribution in [0.15, 0.2) is 0 Å². The van der Waals surface area contributed by atoms with E-state index in [1.54, 1.807) is 0 Å². The zero-order valence-corrected chi connectivity index (χ0v) is 13.5. The predicted octanol–water partition coefficient (Wildman–Crippen LogP) is 2.93. The van der Waals surface area contributed by atoms with Gasteiger partial charge in [0.25, 0.3) is 0 Å². The monoisotopic (exact) mass is 313 g/mol. The van der Waals surface area contributed by atoms with Gasteiger partial charge in [-0.1, -0.05) is 46.0 Å². The fourth-order valence-electron chi connectivity index (χ4n) is 2.79. The van der Waals surface area contributed by atoms with E-state index in [-0.39, 0.29) is 12.3 Å². The lowest BCUT2D eigenvalue weighted by molar-refractivity contribution is -0.165. The number of hydrogen-bond donors (Lipinski definition) is 1. The minimum atomic E-state index is -1.17. The Hall–Kier alpha value is -1.59. The van der Waals surface area contributed by atoms with Crippen molar-refractivity contribution in [1.82, 2.24) is 0 Å². The maximum Gasteiger partial charge on any atom is 0.412 e. The van der Waals surface area contributed by atoms with Crippen molar-refractivity contribution in [3.63, 3.8) is 0 Å². The van der Waals surface area contributed by atoms with Crippen molar-refractivity contribution in [3.8, 4) is 0 Å². The molecular formula is C16H27NO5. The van der Waals surface area contributed by atoms with Crippen molar-refractivity contribution in [1.29, 1.82) is 0 Å². The van der Waals surface area contributed by atoms with E-state index in [2.05, 4.69) is 4.74 Å². The molecule has 0 aromatic heterocycles. The molecule has 0 radical (unpaired) electrons. The summed E-state index contributed by atoms with van der Waals surface area (Å²) in [5, 5.41) is 0. The Morgan fingerprint density at radius 2 is 1.77 bits per heavy atom. The molecule has 0 spiro atoms. The van der Waals surface area contributed by atoms with E-state index >= 15 is 0 Å². The van der Waals surface area contributed by atoms with Gasteiger partial charge < -0.3 is 15.2 Å². The maximum absolute atomic E-state index is 11.8. The minimum Gasteiger partial charge on any atom is -0.450 e. The number of rotatable bonds is 7. The predicted molar refractivity (Wildman–Crippen MR) is 80.8 cm³/mol. The molecule has 1 atom stereocenters. The number of hydrogen-bond acceptors (Lipinski definition) is 5. The summed E-state index contributed by atoms with van der Waals surface area (Å²) in [7, 11) is 0. The number of primary amides is 1. The summed E-state index contributed by atoms with van der Waals surface area (Å²) in [6.45, 7) is 3.78. The molecule has 1 aliphatic carbocycles. The number of ether oxygens (including phenoxy) is 2. The van der Waals surface area contributed by atoms with Crippen LogP contribution in [-0.4, -0.2) is 24.1 Å². The average molecular weight is 313 g/mol. The van der Waals surface area contributed by atoms with Gasteiger partial charge >= 0.3 is 18.0 Å². The highest BCUT2D eigenvalue weighted by atomic mass is 16.6. The van der Waals surface area contributed by atoms with Crippen LogP contribution in [0.4, 0.5) is 4.79 Å². The van der Waals surface area contributed by atoms with Gasteiger partial charge in [0.05, 0.1) is 0 Å². The number of carbonyl (C=O) groups is 3. The molecule has 1 rings (SSSR count). The zero-order valence-electron chi connectivity index (χ0n) is 13.5. The van der Waals surface area contributed by atoms with E-state index in [0.717, 1.165) is 19.3 Å². The van der Waals surface area contributed by atoms with Crippen LogP contribution in [0.25, 0.3) is 0 Å². The number of esters is 2. The second kappa shape index (κ2) is 9.43. The van der Waals surface area contributed by atoms with Crippen LogP contribution in [0.5, 0.6) is 0 Å². The summed E-state index contributed by atoms with van der Waals surface area (Å²) in [4.78, 5) is 34.3. The highest BCUT2D eigenvalue weighted by Crippen LogP contribution is 2.28. The third-order valence-corrected chi connectivity index (χ3v) is 3.87. The smallest absolute Gasteiger partial charge is 0.412 e. The number of amides is 1. The quantitative estimate of drug-likeness (QED) is 0.576. The van der Waals surface area contributed by atoms with Gasteiger partial charge in [0, 0.05) is 6.42 Å². The molecule has 1 fully saturated rings. The lowest BCUT2D eigenvalue weighted by Gasteiger charge is -2.23. The molecule has 0 aliphatic heterocycles. The van der Waals surface area contributed by atoms with E-state index in [1.165, 1.54) is 19.3 Å². The lowest BCUT2D eigenvalue weighted by atomic mass is 9.85. The average Bonchev–Trinajstić information content (AvgIpc) is 2.42. The molecule has 2 N–H and O–H groups in total. The topological polar surface area (TPSA) is 95.7 Å². The van der Waals surface area contributed by atoms with Gasteiger partial charge in [-0.2, -0.15) is 0 Å². The first-order valence-corrected chi connectivity index (χ1v) is 8.09. The van der Waals surface area contributed by atoms with E-state index in [0.29, 0.717) is 12.3 Å². The lowest BCUT2D eigenvalue weighted by Crippen LogP contribution is -2.33. The Bertz CT molecular complexity index is 388. The Morgan fingerprint density at radius 3 is 2.32 bits per heavy atom. The van der Waals surface area contributed by atoms with Crippen LogP contribution in [0.3, 0.4) is 0 Å². The zero-order chi connectivity index (χ0) is 16.5. The molecule has 0 aromatic rings. The Kier molecular flexibility index (Phi) is 7.91. The van der Waals surface area contributed by atoms with Crippen LogP contribution in [0.1, 0.15) is 65.2 Å². The van der Waals surface area contributed by atoms with Gasteiger partial charge in [-0.3, -0.25) is 4.79 Å². The van der Waals surface area contributed by atoms with Crippen molar-refractivity contribution >= 4 is 18.0 Å². The van der Waals surface area contributed by atoms with Crippen molar-refractivity contribution in [3.05, 3.63) is 0 Å². The summed E-state index contributed by atoms with van der Waals surface area (Å²) in [5.41, 5.74) is 4.86. The second-order valence-electron chi connectivity index (χ2n) is 6.40. The van der Waals surface area contributed by atoms with Crippen molar-refractivity contribution < 1.29 is 23.9 Å². The minimum absolute atomic E-state index is 0.138. The summed E-state index contributed by atoms with van der Waals surface area (Å²) in [5.74, 6) is -0.648. The summed E-state index contributed by atoms with van der Waals surface area (Å²) >= 11 is 0. The van der Waals surface area contributed by atoms with Crippen LogP contribution in [0.2, 0.25) is 0 Å². The molecule has 0 saturated heterocycles. The second-order valence-corrected chi connectivity index (χ2v) is 6.40. The van der Waals surface area contributed by atoms with Crippen LogP contribution in [-0.2, 0) is 19.1 Å². The largest absolute Gasteiger partial charge is 0.450 e. The van der Waals surface area contributed by atoms with Crippen molar-refractivity contribution in [2.45, 2.75) is 71.3 Å². The first-order chi connectivity index (χ1) is 10.4. The molecule has 1 aliphatic rings. The fraction of sp³-hybridized carbons (Fsp3) is 0.812. The molecule has 126 valence electrons. The van der Waals surface area contributed by atoms with Gasteiger partial charge in [-0.05, 0) is 24.7 Å². The standard InChI is InChI=1S/C16H27NO5/c1-11(2)10-14(18)21-13(15(19)22-16(17)20)9-8-12-6-4-3-5-7-12/h11-13H,3-10H2,1-2H3,(H2,17,20)/t13-/m1/s1. The highest BCUT2D eigenvalue weighted by Gasteiger charge is 2.27. The van der Waals surface area contributed by atoms with E-state index in [4.69, 9.17) is 10.5 Å². The molecule has 6 heteroatoms. The summed E-state index contributed by atoms with van der Waals surface area (Å²) < 4.78 is 9.57. The third kappa shape index (κ3) is 7.43. The van der Waals surface area contributed by atoms with E-state index < -0.39 is 24.1 Å². The fourth-order valence-corrected chi connectivity index (χ4v) is 2.79. The van der Waals surface area contributed by atoms with Crippen molar-refractivity contribution in [2.24, 2.45) is 17.6 Å². The van der Waals surface area contributed by atoms with Crippen LogP contribution in [0, 0.1) is 11.8 Å². The molecule has 1 saturated carbocycles.